The first-order valence-corrected chi connectivity index (χ1v) is 9.32. The molecule has 142 valence electrons. The van der Waals surface area contributed by atoms with Gasteiger partial charge in [-0.3, -0.25) is 9.59 Å². The van der Waals surface area contributed by atoms with Crippen LogP contribution in [0.3, 0.4) is 0 Å². The van der Waals surface area contributed by atoms with Crippen LogP contribution in [0.1, 0.15) is 31.8 Å². The van der Waals surface area contributed by atoms with Gasteiger partial charge in [-0.1, -0.05) is 36.4 Å². The minimum atomic E-state index is -0.204. The Morgan fingerprint density at radius 2 is 1.52 bits per heavy atom. The van der Waals surface area contributed by atoms with Crippen LogP contribution in [0, 0.1) is 0 Å². The molecule has 0 amide bonds. The normalized spacial score (nSPS) is 13.5. The lowest BCUT2D eigenvalue weighted by atomic mass is 9.83. The van der Waals surface area contributed by atoms with Crippen molar-refractivity contribution in [3.8, 4) is 11.5 Å². The smallest absolute Gasteiger partial charge is 0.231 e. The molecule has 0 fully saturated rings. The molecule has 0 unspecified atom stereocenters. The number of benzene rings is 3. The van der Waals surface area contributed by atoms with Crippen molar-refractivity contribution in [1.29, 1.82) is 0 Å². The molecule has 2 aliphatic rings. The fourth-order valence-corrected chi connectivity index (χ4v) is 3.74. The van der Waals surface area contributed by atoms with E-state index in [9.17, 15) is 9.59 Å². The third-order valence-electron chi connectivity index (χ3n) is 4.83. The molecule has 0 atom stereocenters. The number of ketones is 2. The second kappa shape index (κ2) is 6.72. The van der Waals surface area contributed by atoms with Crippen LogP contribution in [0.5, 0.6) is 11.5 Å². The molecule has 0 aromatic heterocycles. The highest BCUT2D eigenvalue weighted by molar-refractivity contribution is 7.80. The van der Waals surface area contributed by atoms with Crippen LogP contribution in [0.4, 0.5) is 11.4 Å². The summed E-state index contributed by atoms with van der Waals surface area (Å²) in [6.07, 6.45) is 0. The van der Waals surface area contributed by atoms with Crippen molar-refractivity contribution in [3.05, 3.63) is 82.9 Å². The Labute approximate surface area is 171 Å². The zero-order valence-electron chi connectivity index (χ0n) is 15.0. The van der Waals surface area contributed by atoms with Gasteiger partial charge in [-0.05, 0) is 30.4 Å². The van der Waals surface area contributed by atoms with Gasteiger partial charge in [0.25, 0.3) is 0 Å². The molecule has 0 saturated carbocycles. The van der Waals surface area contributed by atoms with Crippen molar-refractivity contribution < 1.29 is 19.1 Å². The first kappa shape index (κ1) is 17.4. The molecule has 0 bridgehead atoms. The topological polar surface area (TPSA) is 76.7 Å². The summed E-state index contributed by atoms with van der Waals surface area (Å²) < 4.78 is 10.7. The highest BCUT2D eigenvalue weighted by atomic mass is 32.1. The number of nitrogens with one attached hydrogen (secondary N) is 2. The summed E-state index contributed by atoms with van der Waals surface area (Å²) in [4.78, 5) is 25.9. The Morgan fingerprint density at radius 1 is 0.793 bits per heavy atom. The van der Waals surface area contributed by atoms with E-state index in [1.54, 1.807) is 54.6 Å². The van der Waals surface area contributed by atoms with Crippen molar-refractivity contribution in [2.45, 2.75) is 0 Å². The highest BCUT2D eigenvalue weighted by Crippen LogP contribution is 2.35. The van der Waals surface area contributed by atoms with E-state index in [1.165, 1.54) is 0 Å². The first-order chi connectivity index (χ1) is 14.1. The van der Waals surface area contributed by atoms with Crippen molar-refractivity contribution in [1.82, 2.24) is 0 Å². The van der Waals surface area contributed by atoms with E-state index in [0.29, 0.717) is 45.1 Å². The summed E-state index contributed by atoms with van der Waals surface area (Å²) >= 11 is 5.41. The van der Waals surface area contributed by atoms with Crippen LogP contribution < -0.4 is 20.1 Å². The fraction of sp³-hybridized carbons (Fsp3) is 0.0455. The zero-order valence-corrected chi connectivity index (χ0v) is 15.8. The lowest BCUT2D eigenvalue weighted by molar-refractivity contribution is 0.0979. The number of rotatable bonds is 2. The van der Waals surface area contributed by atoms with Crippen LogP contribution in [-0.4, -0.2) is 23.5 Å². The van der Waals surface area contributed by atoms with Gasteiger partial charge < -0.3 is 20.1 Å². The van der Waals surface area contributed by atoms with Crippen LogP contribution in [0.25, 0.3) is 0 Å². The Balaban J connectivity index is 1.43. The first-order valence-electron chi connectivity index (χ1n) is 8.91. The summed E-state index contributed by atoms with van der Waals surface area (Å²) in [6.45, 7) is 0.190. The molecule has 1 heterocycles. The van der Waals surface area contributed by atoms with Gasteiger partial charge in [0.1, 0.15) is 0 Å². The van der Waals surface area contributed by atoms with Crippen molar-refractivity contribution >= 4 is 40.3 Å². The van der Waals surface area contributed by atoms with Crippen LogP contribution in [0.15, 0.2) is 60.7 Å². The molecule has 7 heteroatoms. The van der Waals surface area contributed by atoms with E-state index in [2.05, 4.69) is 10.6 Å². The number of carbonyl (C=O) groups is 2. The van der Waals surface area contributed by atoms with E-state index in [4.69, 9.17) is 21.7 Å². The summed E-state index contributed by atoms with van der Waals surface area (Å²) in [5, 5.41) is 6.39. The van der Waals surface area contributed by atoms with Gasteiger partial charge in [0.2, 0.25) is 6.79 Å². The number of carbonyl (C=O) groups excluding carboxylic acids is 2. The number of hydrogen-bond donors (Lipinski definition) is 2. The summed E-state index contributed by atoms with van der Waals surface area (Å²) in [5.74, 6) is 0.930. The van der Waals surface area contributed by atoms with Gasteiger partial charge in [-0.2, -0.15) is 0 Å². The Bertz CT molecular complexity index is 1210. The monoisotopic (exact) mass is 402 g/mol. The molecule has 6 nitrogen and oxygen atoms in total. The largest absolute Gasteiger partial charge is 0.454 e. The summed E-state index contributed by atoms with van der Waals surface area (Å²) in [7, 11) is 0. The number of fused-ring (bicyclic) bond motifs is 3. The van der Waals surface area contributed by atoms with Crippen molar-refractivity contribution in [2.24, 2.45) is 0 Å². The van der Waals surface area contributed by atoms with Gasteiger partial charge in [-0.15, -0.1) is 0 Å². The lowest BCUT2D eigenvalue weighted by Gasteiger charge is -2.21. The average Bonchev–Trinajstić information content (AvgIpc) is 3.20. The Kier molecular flexibility index (Phi) is 4.03. The molecule has 29 heavy (non-hydrogen) atoms. The minimum absolute atomic E-state index is 0.173. The molecule has 5 rings (SSSR count). The molecule has 1 aliphatic heterocycles. The molecule has 0 radical (unpaired) electrons. The Hall–Kier alpha value is -3.71. The summed E-state index contributed by atoms with van der Waals surface area (Å²) in [6, 6.07) is 17.3. The maximum absolute atomic E-state index is 13.1. The highest BCUT2D eigenvalue weighted by Gasteiger charge is 2.31. The average molecular weight is 402 g/mol. The second-order valence-corrected chi connectivity index (χ2v) is 6.99. The van der Waals surface area contributed by atoms with Gasteiger partial charge in [0.05, 0.1) is 11.3 Å². The molecule has 0 spiro atoms. The van der Waals surface area contributed by atoms with Gasteiger partial charge in [-0.25, -0.2) is 0 Å². The van der Waals surface area contributed by atoms with E-state index in [1.807, 2.05) is 6.07 Å². The minimum Gasteiger partial charge on any atom is -0.454 e. The predicted octanol–water partition coefficient (Wildman–Crippen LogP) is 4.00. The maximum atomic E-state index is 13.1. The van der Waals surface area contributed by atoms with Crippen LogP contribution >= 0.6 is 12.2 Å². The number of ether oxygens (including phenoxy) is 2. The quantitative estimate of drug-likeness (QED) is 0.491. The van der Waals surface area contributed by atoms with E-state index >= 15 is 0 Å². The fourth-order valence-electron chi connectivity index (χ4n) is 3.51. The zero-order chi connectivity index (χ0) is 20.0. The SMILES string of the molecule is O=C1c2ccccc2C(=O)c2c(NC(=S)Nc3ccc4c(c3)OCO4)cccc21. The third-order valence-corrected chi connectivity index (χ3v) is 5.04. The van der Waals surface area contributed by atoms with Gasteiger partial charge >= 0.3 is 0 Å². The van der Waals surface area contributed by atoms with Crippen molar-refractivity contribution in [2.75, 3.05) is 17.4 Å². The van der Waals surface area contributed by atoms with E-state index in [-0.39, 0.29) is 23.5 Å². The van der Waals surface area contributed by atoms with Gasteiger partial charge in [0, 0.05) is 28.4 Å². The van der Waals surface area contributed by atoms with Crippen molar-refractivity contribution in [3.63, 3.8) is 0 Å². The van der Waals surface area contributed by atoms with E-state index < -0.39 is 0 Å². The predicted molar refractivity (Wildman–Crippen MR) is 112 cm³/mol. The lowest BCUT2D eigenvalue weighted by Crippen LogP contribution is -2.25. The maximum Gasteiger partial charge on any atom is 0.231 e. The molecule has 1 aliphatic carbocycles. The summed E-state index contributed by atoms with van der Waals surface area (Å²) in [5.41, 5.74) is 2.70. The number of hydrogen-bond acceptors (Lipinski definition) is 5. The Morgan fingerprint density at radius 3 is 2.34 bits per heavy atom. The van der Waals surface area contributed by atoms with Gasteiger partial charge in [0.15, 0.2) is 28.2 Å². The molecule has 3 aromatic carbocycles. The molecular weight excluding hydrogens is 388 g/mol. The molecule has 3 aromatic rings. The number of thiocarbonyl (C=S) groups is 1. The van der Waals surface area contributed by atoms with Crippen LogP contribution in [0.2, 0.25) is 0 Å². The molecule has 2 N–H and O–H groups in total. The molecular formula is C22H14N2O4S. The standard InChI is InChI=1S/C22H14N2O4S/c25-20-13-4-1-2-5-14(13)21(26)19-15(20)6-3-7-16(19)24-22(29)23-12-8-9-17-18(10-12)28-11-27-17/h1-10H,11H2,(H2,23,24,29). The second-order valence-electron chi connectivity index (χ2n) is 6.58. The molecule has 0 saturated heterocycles. The van der Waals surface area contributed by atoms with Crippen LogP contribution in [-0.2, 0) is 0 Å². The number of anilines is 2. The van der Waals surface area contributed by atoms with E-state index in [0.717, 1.165) is 0 Å². The third kappa shape index (κ3) is 2.92.